The Bertz CT molecular complexity index is 2420. The van der Waals surface area contributed by atoms with Crippen molar-refractivity contribution in [3.8, 4) is 12.1 Å². The maximum atomic E-state index is 14.7. The predicted octanol–water partition coefficient (Wildman–Crippen LogP) is 12.5. The number of thiophene rings is 2. The minimum absolute atomic E-state index is 0.0753. The smallest absolute Gasteiger partial charge is 0.203 e. The lowest BCUT2D eigenvalue weighted by molar-refractivity contribution is -0.144. The second-order valence-electron chi connectivity index (χ2n) is 10.7. The highest BCUT2D eigenvalue weighted by Gasteiger charge is 2.44. The lowest BCUT2D eigenvalue weighted by Gasteiger charge is -2.13. The fraction of sp³-hybridized carbons (Fsp3) is 0.0588. The van der Waals surface area contributed by atoms with Gasteiger partial charge in [0.2, 0.25) is 0 Å². The summed E-state index contributed by atoms with van der Waals surface area (Å²) in [5, 5.41) is 21.0. The molecular formula is C34H8F14N2S2. The van der Waals surface area contributed by atoms with E-state index in [1.165, 1.54) is 24.3 Å². The summed E-state index contributed by atoms with van der Waals surface area (Å²) in [4.78, 5) is 0.151. The first-order valence-electron chi connectivity index (χ1n) is 13.8. The molecule has 18 heteroatoms. The van der Waals surface area contributed by atoms with Gasteiger partial charge in [0.05, 0.1) is 22.3 Å². The second-order valence-corrected chi connectivity index (χ2v) is 12.9. The summed E-state index contributed by atoms with van der Waals surface area (Å²) in [6.45, 7) is 0. The Hall–Kier alpha value is -5.46. The highest BCUT2D eigenvalue weighted by atomic mass is 32.1. The van der Waals surface area contributed by atoms with Gasteiger partial charge in [0.1, 0.15) is 23.3 Å². The molecule has 0 bridgehead atoms. The third-order valence-corrected chi connectivity index (χ3v) is 9.77. The molecule has 0 fully saturated rings. The Morgan fingerprint density at radius 3 is 1.06 bits per heavy atom. The molecule has 6 aromatic rings. The molecule has 2 nitrogen and oxygen atoms in total. The largest absolute Gasteiger partial charge is 0.422 e. The molecule has 6 rings (SSSR count). The summed E-state index contributed by atoms with van der Waals surface area (Å²) in [5.41, 5.74) is -11.0. The van der Waals surface area contributed by atoms with Crippen LogP contribution >= 0.6 is 22.7 Å². The van der Waals surface area contributed by atoms with Gasteiger partial charge in [-0.3, -0.25) is 0 Å². The molecule has 0 spiro atoms. The van der Waals surface area contributed by atoms with E-state index in [1.807, 2.05) is 0 Å². The van der Waals surface area contributed by atoms with E-state index in [0.717, 1.165) is 34.8 Å². The van der Waals surface area contributed by atoms with E-state index in [-0.39, 0.29) is 9.75 Å². The van der Waals surface area contributed by atoms with Gasteiger partial charge in [-0.05, 0) is 47.2 Å². The van der Waals surface area contributed by atoms with Crippen LogP contribution in [0.3, 0.4) is 0 Å². The van der Waals surface area contributed by atoms with Crippen LogP contribution in [0.25, 0.3) is 54.2 Å². The number of fused-ring (bicyclic) bond motifs is 5. The number of hydrogen-bond donors (Lipinski definition) is 0. The van der Waals surface area contributed by atoms with Gasteiger partial charge < -0.3 is 0 Å². The molecule has 0 amide bonds. The molecule has 0 aliphatic heterocycles. The van der Waals surface area contributed by atoms with Crippen molar-refractivity contribution in [2.75, 3.05) is 0 Å². The standard InChI is InChI=1S/C34H8F14N2S2/c35-25-21(26(36)30(40)23(29(25)39)33(43,44)45)11(9-49)5-13-7-17-15-1-3-19-18(16(15)2-4-20(17)52-13)8-14(51-19)6-12(10-50)22-27(37)31(41)24(34(46,47)48)32(42)28(22)38/h1-8H/b11-5+,12-6+. The van der Waals surface area contributed by atoms with Crippen molar-refractivity contribution in [2.24, 2.45) is 0 Å². The van der Waals surface area contributed by atoms with Crippen LogP contribution in [0.15, 0.2) is 36.4 Å². The van der Waals surface area contributed by atoms with Gasteiger partial charge >= 0.3 is 12.4 Å². The van der Waals surface area contributed by atoms with Gasteiger partial charge in [-0.25, -0.2) is 35.1 Å². The fourth-order valence-corrected chi connectivity index (χ4v) is 7.51. The van der Waals surface area contributed by atoms with Crippen LogP contribution in [-0.2, 0) is 12.4 Å². The van der Waals surface area contributed by atoms with Gasteiger partial charge in [0.15, 0.2) is 46.5 Å². The molecular weight excluding hydrogens is 766 g/mol. The first-order valence-corrected chi connectivity index (χ1v) is 15.4. The van der Waals surface area contributed by atoms with E-state index in [0.29, 0.717) is 30.9 Å². The topological polar surface area (TPSA) is 47.6 Å². The molecule has 0 radical (unpaired) electrons. The summed E-state index contributed by atoms with van der Waals surface area (Å²) < 4.78 is 195. The zero-order valence-electron chi connectivity index (χ0n) is 24.6. The SMILES string of the molecule is N#C/C(=C\c1cc2c(ccc3c4cc(/C=C(\C#N)c5c(F)c(F)c(C(F)(F)F)c(F)c5F)sc4ccc23)s1)c1c(F)c(F)c(C(F)(F)F)c(F)c1F. The van der Waals surface area contributed by atoms with E-state index in [1.54, 1.807) is 24.3 Å². The van der Waals surface area contributed by atoms with Crippen LogP contribution in [0.1, 0.15) is 32.0 Å². The number of nitriles is 2. The lowest BCUT2D eigenvalue weighted by Crippen LogP contribution is -2.16. The molecule has 52 heavy (non-hydrogen) atoms. The number of halogens is 14. The van der Waals surface area contributed by atoms with Crippen LogP contribution in [0.4, 0.5) is 61.5 Å². The van der Waals surface area contributed by atoms with Crippen LogP contribution < -0.4 is 0 Å². The Morgan fingerprint density at radius 1 is 0.481 bits per heavy atom. The number of allylic oxidation sites excluding steroid dienone is 2. The minimum Gasteiger partial charge on any atom is -0.203 e. The summed E-state index contributed by atoms with van der Waals surface area (Å²) in [6.07, 6.45) is -9.96. The highest BCUT2D eigenvalue weighted by molar-refractivity contribution is 7.20. The summed E-state index contributed by atoms with van der Waals surface area (Å²) in [5.74, 6) is -20.7. The van der Waals surface area contributed by atoms with E-state index in [9.17, 15) is 72.0 Å². The van der Waals surface area contributed by atoms with Crippen LogP contribution in [-0.4, -0.2) is 0 Å². The summed E-state index contributed by atoms with van der Waals surface area (Å²) in [6, 6.07) is 11.7. The maximum absolute atomic E-state index is 14.7. The monoisotopic (exact) mass is 774 g/mol. The predicted molar refractivity (Wildman–Crippen MR) is 164 cm³/mol. The van der Waals surface area contributed by atoms with Crippen LogP contribution in [0, 0.1) is 69.2 Å². The third-order valence-electron chi connectivity index (χ3n) is 7.68. The van der Waals surface area contributed by atoms with Crippen molar-refractivity contribution in [1.29, 1.82) is 10.5 Å². The molecule has 2 aromatic heterocycles. The zero-order chi connectivity index (χ0) is 38.2. The average Bonchev–Trinajstić information content (AvgIpc) is 3.68. The van der Waals surface area contributed by atoms with Crippen LogP contribution in [0.5, 0.6) is 0 Å². The van der Waals surface area contributed by atoms with E-state index in [4.69, 9.17) is 0 Å². The number of benzene rings is 4. The fourth-order valence-electron chi connectivity index (χ4n) is 5.47. The molecule has 0 saturated heterocycles. The average molecular weight is 775 g/mol. The van der Waals surface area contributed by atoms with Crippen molar-refractivity contribution in [3.63, 3.8) is 0 Å². The molecule has 264 valence electrons. The van der Waals surface area contributed by atoms with Crippen molar-refractivity contribution in [1.82, 2.24) is 0 Å². The van der Waals surface area contributed by atoms with Crippen LogP contribution in [0.2, 0.25) is 0 Å². The first kappa shape index (κ1) is 36.3. The van der Waals surface area contributed by atoms with E-state index >= 15 is 0 Å². The normalized spacial score (nSPS) is 13.0. The second kappa shape index (κ2) is 12.6. The maximum Gasteiger partial charge on any atom is 0.422 e. The summed E-state index contributed by atoms with van der Waals surface area (Å²) >= 11 is 1.84. The van der Waals surface area contributed by atoms with Gasteiger partial charge in [-0.1, -0.05) is 12.1 Å². The third kappa shape index (κ3) is 5.81. The van der Waals surface area contributed by atoms with Gasteiger partial charge in [0.25, 0.3) is 0 Å². The molecule has 0 unspecified atom stereocenters. The Kier molecular flexibility index (Phi) is 8.83. The quantitative estimate of drug-likeness (QED) is 0.102. The van der Waals surface area contributed by atoms with Gasteiger partial charge in [-0.2, -0.15) is 36.9 Å². The molecule has 0 aliphatic rings. The first-order chi connectivity index (χ1) is 24.3. The number of nitrogens with zero attached hydrogens (tertiary/aromatic N) is 2. The molecule has 0 saturated carbocycles. The Labute approximate surface area is 288 Å². The van der Waals surface area contributed by atoms with Crippen molar-refractivity contribution in [3.05, 3.63) is 115 Å². The number of hydrogen-bond acceptors (Lipinski definition) is 4. The number of alkyl halides is 6. The molecule has 4 aromatic carbocycles. The van der Waals surface area contributed by atoms with Gasteiger partial charge in [-0.15, -0.1) is 22.7 Å². The molecule has 0 aliphatic carbocycles. The lowest BCUT2D eigenvalue weighted by atomic mass is 10.00. The highest BCUT2D eigenvalue weighted by Crippen LogP contribution is 2.43. The summed E-state index contributed by atoms with van der Waals surface area (Å²) in [7, 11) is 0. The Morgan fingerprint density at radius 2 is 0.788 bits per heavy atom. The van der Waals surface area contributed by atoms with Crippen molar-refractivity contribution in [2.45, 2.75) is 12.4 Å². The van der Waals surface area contributed by atoms with E-state index in [2.05, 4.69) is 0 Å². The van der Waals surface area contributed by atoms with Gasteiger partial charge in [0, 0.05) is 29.9 Å². The van der Waals surface area contributed by atoms with Crippen molar-refractivity contribution >= 4 is 76.9 Å². The molecule has 2 heterocycles. The Balaban J connectivity index is 1.45. The molecule has 0 N–H and O–H groups in total. The molecule has 0 atom stereocenters. The van der Waals surface area contributed by atoms with E-state index < -0.39 is 92.3 Å². The zero-order valence-corrected chi connectivity index (χ0v) is 26.3. The van der Waals surface area contributed by atoms with Crippen molar-refractivity contribution < 1.29 is 61.5 Å². The number of rotatable bonds is 4. The minimum atomic E-state index is -5.79.